The zero-order chi connectivity index (χ0) is 32.8. The molecular formula is C35H42ClN7O3. The number of aromatic nitrogens is 3. The number of anilines is 3. The number of hydrogen-bond donors (Lipinski definition) is 2. The molecule has 46 heavy (non-hydrogen) atoms. The molecule has 11 heteroatoms. The summed E-state index contributed by atoms with van der Waals surface area (Å²) in [5, 5.41) is 14.4. The van der Waals surface area contributed by atoms with Crippen LogP contribution in [0, 0.1) is 27.7 Å². The van der Waals surface area contributed by atoms with Crippen molar-refractivity contribution in [3.8, 4) is 5.88 Å². The SMILES string of the molecule is Cc1cc(C)c(C(c2cc(Cl)ccc2C)N(C(=O)O)c2ccnc(Nc3ccc(OCCCN4CCN(C)CC4)nc3)n2)c(C)c1. The molecule has 10 nitrogen and oxygen atoms in total. The van der Waals surface area contributed by atoms with Gasteiger partial charge in [0.1, 0.15) is 5.82 Å². The number of halogens is 1. The molecule has 5 rings (SSSR count). The number of rotatable bonds is 11. The van der Waals surface area contributed by atoms with Gasteiger partial charge in [0.25, 0.3) is 0 Å². The summed E-state index contributed by atoms with van der Waals surface area (Å²) in [5.74, 6) is 1.01. The van der Waals surface area contributed by atoms with Gasteiger partial charge in [0, 0.05) is 50.0 Å². The standard InChI is InChI=1S/C35H42ClN7O3/c1-23-19-25(3)32(26(4)20-23)33(29-21-27(36)8-7-24(29)2)43(35(44)45)30-11-12-37-34(40-30)39-28-9-10-31(38-22-28)46-18-6-13-42-16-14-41(5)15-17-42/h7-12,19-22,33H,6,13-18H2,1-5H3,(H,44,45)(H,37,39,40). The summed E-state index contributed by atoms with van der Waals surface area (Å²) in [4.78, 5) is 32.6. The van der Waals surface area contributed by atoms with Gasteiger partial charge in [-0.15, -0.1) is 0 Å². The first-order valence-electron chi connectivity index (χ1n) is 15.5. The van der Waals surface area contributed by atoms with Gasteiger partial charge < -0.3 is 25.0 Å². The van der Waals surface area contributed by atoms with Crippen molar-refractivity contribution in [1.29, 1.82) is 0 Å². The molecule has 2 aromatic heterocycles. The van der Waals surface area contributed by atoms with Gasteiger partial charge in [-0.25, -0.2) is 19.7 Å². The fraction of sp³-hybridized carbons (Fsp3) is 0.371. The summed E-state index contributed by atoms with van der Waals surface area (Å²) in [6.45, 7) is 14.0. The van der Waals surface area contributed by atoms with Crippen LogP contribution >= 0.6 is 11.6 Å². The Labute approximate surface area is 276 Å². The van der Waals surface area contributed by atoms with Crippen LogP contribution in [0.25, 0.3) is 0 Å². The lowest BCUT2D eigenvalue weighted by molar-refractivity contribution is 0.145. The number of hydrogen-bond acceptors (Lipinski definition) is 8. The fourth-order valence-electron chi connectivity index (χ4n) is 6.04. The van der Waals surface area contributed by atoms with Gasteiger partial charge in [-0.1, -0.05) is 35.4 Å². The third kappa shape index (κ3) is 8.12. The average molecular weight is 644 g/mol. The van der Waals surface area contributed by atoms with Crippen molar-refractivity contribution in [2.24, 2.45) is 0 Å². The second-order valence-electron chi connectivity index (χ2n) is 12.0. The van der Waals surface area contributed by atoms with E-state index in [0.717, 1.165) is 72.5 Å². The monoisotopic (exact) mass is 643 g/mol. The van der Waals surface area contributed by atoms with Crippen molar-refractivity contribution >= 4 is 35.1 Å². The molecule has 2 aromatic carbocycles. The Balaban J connectivity index is 1.35. The second-order valence-corrected chi connectivity index (χ2v) is 12.4. The second kappa shape index (κ2) is 14.9. The summed E-state index contributed by atoms with van der Waals surface area (Å²) in [7, 11) is 2.16. The summed E-state index contributed by atoms with van der Waals surface area (Å²) >= 11 is 6.46. The summed E-state index contributed by atoms with van der Waals surface area (Å²) < 4.78 is 5.87. The topological polar surface area (TPSA) is 107 Å². The number of likely N-dealkylation sites (N-methyl/N-ethyl adjacent to an activating group) is 1. The molecule has 2 N–H and O–H groups in total. The maximum Gasteiger partial charge on any atom is 0.413 e. The van der Waals surface area contributed by atoms with Gasteiger partial charge in [0.2, 0.25) is 11.8 Å². The number of benzene rings is 2. The number of amides is 1. The lowest BCUT2D eigenvalue weighted by atomic mass is 9.87. The largest absolute Gasteiger partial charge is 0.478 e. The fourth-order valence-corrected chi connectivity index (χ4v) is 6.22. The Morgan fingerprint density at radius 3 is 2.41 bits per heavy atom. The summed E-state index contributed by atoms with van der Waals surface area (Å²) in [6, 6.07) is 14.2. The van der Waals surface area contributed by atoms with Crippen LogP contribution in [0.15, 0.2) is 60.9 Å². The van der Waals surface area contributed by atoms with Crippen molar-refractivity contribution in [3.63, 3.8) is 0 Å². The molecule has 242 valence electrons. The minimum absolute atomic E-state index is 0.224. The number of ether oxygens (including phenoxy) is 1. The number of piperazine rings is 1. The lowest BCUT2D eigenvalue weighted by Crippen LogP contribution is -2.44. The van der Waals surface area contributed by atoms with Gasteiger partial charge >= 0.3 is 6.09 Å². The zero-order valence-corrected chi connectivity index (χ0v) is 27.9. The van der Waals surface area contributed by atoms with Crippen LogP contribution in [0.1, 0.15) is 45.8 Å². The molecule has 1 fully saturated rings. The third-order valence-electron chi connectivity index (χ3n) is 8.36. The normalized spacial score (nSPS) is 14.6. The molecule has 1 atom stereocenters. The van der Waals surface area contributed by atoms with Crippen molar-refractivity contribution in [1.82, 2.24) is 24.8 Å². The highest BCUT2D eigenvalue weighted by Crippen LogP contribution is 2.39. The van der Waals surface area contributed by atoms with Crippen LogP contribution in [0.2, 0.25) is 5.02 Å². The molecule has 0 saturated carbocycles. The van der Waals surface area contributed by atoms with Gasteiger partial charge in [0.15, 0.2) is 0 Å². The van der Waals surface area contributed by atoms with E-state index in [-0.39, 0.29) is 11.8 Å². The minimum atomic E-state index is -1.15. The van der Waals surface area contributed by atoms with Gasteiger partial charge in [0.05, 0.1) is 24.5 Å². The first-order chi connectivity index (χ1) is 22.1. The Morgan fingerprint density at radius 1 is 1.00 bits per heavy atom. The lowest BCUT2D eigenvalue weighted by Gasteiger charge is -2.33. The highest BCUT2D eigenvalue weighted by Gasteiger charge is 2.33. The smallest absolute Gasteiger partial charge is 0.413 e. The number of nitrogens with one attached hydrogen (secondary N) is 1. The molecule has 0 spiro atoms. The zero-order valence-electron chi connectivity index (χ0n) is 27.1. The van der Waals surface area contributed by atoms with Gasteiger partial charge in [-0.2, -0.15) is 4.98 Å². The molecule has 0 aliphatic carbocycles. The Bertz CT molecular complexity index is 1640. The molecule has 1 amide bonds. The molecular weight excluding hydrogens is 602 g/mol. The number of carboxylic acid groups (broad SMARTS) is 1. The van der Waals surface area contributed by atoms with Crippen LogP contribution in [0.3, 0.4) is 0 Å². The van der Waals surface area contributed by atoms with E-state index in [1.54, 1.807) is 24.5 Å². The number of aryl methyl sites for hydroxylation is 4. The van der Waals surface area contributed by atoms with Crippen LogP contribution in [0.5, 0.6) is 5.88 Å². The van der Waals surface area contributed by atoms with E-state index >= 15 is 0 Å². The molecule has 1 saturated heterocycles. The molecule has 0 bridgehead atoms. The molecule has 1 aliphatic rings. The predicted octanol–water partition coefficient (Wildman–Crippen LogP) is 6.79. The van der Waals surface area contributed by atoms with E-state index in [4.69, 9.17) is 16.3 Å². The molecule has 1 unspecified atom stereocenters. The van der Waals surface area contributed by atoms with Crippen LogP contribution < -0.4 is 15.0 Å². The Hall–Kier alpha value is -4.25. The minimum Gasteiger partial charge on any atom is -0.478 e. The van der Waals surface area contributed by atoms with Crippen LogP contribution in [-0.4, -0.2) is 82.3 Å². The first-order valence-corrected chi connectivity index (χ1v) is 15.9. The molecule has 0 radical (unpaired) electrons. The van der Waals surface area contributed by atoms with Crippen molar-refractivity contribution in [2.75, 3.05) is 56.6 Å². The Morgan fingerprint density at radius 2 is 1.74 bits per heavy atom. The number of nitrogens with zero attached hydrogens (tertiary/aromatic N) is 6. The van der Waals surface area contributed by atoms with E-state index in [1.165, 1.54) is 4.90 Å². The maximum absolute atomic E-state index is 13.1. The van der Waals surface area contributed by atoms with E-state index in [2.05, 4.69) is 49.2 Å². The summed E-state index contributed by atoms with van der Waals surface area (Å²) in [6.07, 6.45) is 2.98. The van der Waals surface area contributed by atoms with Crippen molar-refractivity contribution < 1.29 is 14.6 Å². The van der Waals surface area contributed by atoms with E-state index in [0.29, 0.717) is 23.2 Å². The molecule has 3 heterocycles. The molecule has 4 aromatic rings. The first kappa shape index (κ1) is 33.1. The van der Waals surface area contributed by atoms with E-state index < -0.39 is 12.1 Å². The maximum atomic E-state index is 13.1. The van der Waals surface area contributed by atoms with Crippen molar-refractivity contribution in [3.05, 3.63) is 99.3 Å². The highest BCUT2D eigenvalue weighted by atomic mass is 35.5. The van der Waals surface area contributed by atoms with Crippen molar-refractivity contribution in [2.45, 2.75) is 40.2 Å². The van der Waals surface area contributed by atoms with Crippen LogP contribution in [-0.2, 0) is 0 Å². The average Bonchev–Trinajstić information content (AvgIpc) is 3.01. The summed E-state index contributed by atoms with van der Waals surface area (Å²) in [5.41, 5.74) is 6.29. The van der Waals surface area contributed by atoms with Gasteiger partial charge in [-0.3, -0.25) is 0 Å². The number of carbonyl (C=O) groups is 1. The predicted molar refractivity (Wildman–Crippen MR) is 183 cm³/mol. The highest BCUT2D eigenvalue weighted by molar-refractivity contribution is 6.30. The van der Waals surface area contributed by atoms with E-state index in [9.17, 15) is 9.90 Å². The van der Waals surface area contributed by atoms with E-state index in [1.807, 2.05) is 52.0 Å². The number of pyridine rings is 1. The van der Waals surface area contributed by atoms with Gasteiger partial charge in [-0.05, 0) is 93.2 Å². The van der Waals surface area contributed by atoms with Crippen LogP contribution in [0.4, 0.5) is 22.2 Å². The quantitative estimate of drug-likeness (QED) is 0.171. The third-order valence-corrected chi connectivity index (χ3v) is 8.59. The molecule has 1 aliphatic heterocycles. The Kier molecular flexibility index (Phi) is 10.7.